The molecule has 2 aliphatic heterocycles. The van der Waals surface area contributed by atoms with E-state index in [4.69, 9.17) is 5.10 Å². The molecule has 0 unspecified atom stereocenters. The maximum absolute atomic E-state index is 13.6. The maximum Gasteiger partial charge on any atom is 0.277 e. The van der Waals surface area contributed by atoms with Gasteiger partial charge in [-0.3, -0.25) is 14.5 Å². The van der Waals surface area contributed by atoms with Gasteiger partial charge in [0.15, 0.2) is 0 Å². The molecule has 3 aromatic rings. The molecule has 0 atom stereocenters. The van der Waals surface area contributed by atoms with Gasteiger partial charge >= 0.3 is 0 Å². The highest BCUT2D eigenvalue weighted by Crippen LogP contribution is 2.29. The highest BCUT2D eigenvalue weighted by Gasteiger charge is 2.32. The summed E-state index contributed by atoms with van der Waals surface area (Å²) in [6.45, 7) is 7.06. The van der Waals surface area contributed by atoms with Crippen LogP contribution < -0.4 is 9.80 Å². The zero-order valence-corrected chi connectivity index (χ0v) is 20.1. The van der Waals surface area contributed by atoms with Crippen LogP contribution in [0.15, 0.2) is 48.5 Å². The lowest BCUT2D eigenvalue weighted by Crippen LogP contribution is -2.39. The summed E-state index contributed by atoms with van der Waals surface area (Å²) in [5, 5.41) is 4.69. The summed E-state index contributed by atoms with van der Waals surface area (Å²) in [5.41, 5.74) is 6.27. The van der Waals surface area contributed by atoms with Gasteiger partial charge in [-0.15, -0.1) is 0 Å². The van der Waals surface area contributed by atoms with Crippen molar-refractivity contribution in [3.63, 3.8) is 0 Å². The van der Waals surface area contributed by atoms with Crippen LogP contribution in [-0.4, -0.2) is 59.7 Å². The van der Waals surface area contributed by atoms with Crippen LogP contribution in [0.1, 0.15) is 40.2 Å². The van der Waals surface area contributed by atoms with Gasteiger partial charge in [0, 0.05) is 30.5 Å². The Morgan fingerprint density at radius 2 is 1.59 bits per heavy atom. The topological polar surface area (TPSA) is 61.7 Å². The number of likely N-dealkylation sites (N-methyl/N-ethyl adjacent to an activating group) is 1. The summed E-state index contributed by atoms with van der Waals surface area (Å²) in [7, 11) is 1.81. The fraction of sp³-hybridized carbons (Fsp3) is 0.370. The highest BCUT2D eigenvalue weighted by molar-refractivity contribution is 6.07. The first kappa shape index (κ1) is 22.3. The standard InChI is InChI=1S/C27H31N5O2/c1-19-6-8-23(9-7-19)32-26-24(20(2)28-32)14-17-31(27(26)34)22-12-10-21(11-13-22)29(3)25(33)18-30-15-4-5-16-30/h6-13H,4-5,14-18H2,1-3H3. The first-order valence-corrected chi connectivity index (χ1v) is 12.0. The molecule has 1 aromatic heterocycles. The fourth-order valence-corrected chi connectivity index (χ4v) is 4.89. The van der Waals surface area contributed by atoms with Crippen molar-refractivity contribution in [3.8, 4) is 5.69 Å². The second kappa shape index (κ2) is 9.06. The number of aryl methyl sites for hydroxylation is 2. The molecule has 1 fully saturated rings. The largest absolute Gasteiger partial charge is 0.314 e. The monoisotopic (exact) mass is 457 g/mol. The first-order valence-electron chi connectivity index (χ1n) is 12.0. The van der Waals surface area contributed by atoms with Crippen molar-refractivity contribution < 1.29 is 9.59 Å². The molecule has 0 saturated carbocycles. The van der Waals surface area contributed by atoms with Gasteiger partial charge in [-0.2, -0.15) is 5.10 Å². The number of hydrogen-bond donors (Lipinski definition) is 0. The van der Waals surface area contributed by atoms with Crippen LogP contribution in [0.3, 0.4) is 0 Å². The van der Waals surface area contributed by atoms with E-state index < -0.39 is 0 Å². The SMILES string of the molecule is Cc1ccc(-n2nc(C)c3c2C(=O)N(c2ccc(N(C)C(=O)CN4CCCC4)cc2)CC3)cc1. The molecule has 3 heterocycles. The number of aromatic nitrogens is 2. The van der Waals surface area contributed by atoms with Crippen LogP contribution in [0, 0.1) is 13.8 Å². The molecule has 7 heteroatoms. The van der Waals surface area contributed by atoms with Crippen LogP contribution in [0.2, 0.25) is 0 Å². The summed E-state index contributed by atoms with van der Waals surface area (Å²) in [6, 6.07) is 15.8. The Morgan fingerprint density at radius 3 is 2.26 bits per heavy atom. The third kappa shape index (κ3) is 4.12. The number of carbonyl (C=O) groups is 2. The smallest absolute Gasteiger partial charge is 0.277 e. The zero-order chi connectivity index (χ0) is 23.8. The third-order valence-corrected chi connectivity index (χ3v) is 6.98. The molecule has 1 saturated heterocycles. The Labute approximate surface area is 200 Å². The second-order valence-electron chi connectivity index (χ2n) is 9.32. The van der Waals surface area contributed by atoms with E-state index >= 15 is 0 Å². The summed E-state index contributed by atoms with van der Waals surface area (Å²) < 4.78 is 1.78. The number of nitrogens with zero attached hydrogens (tertiary/aromatic N) is 5. The molecule has 2 aliphatic rings. The summed E-state index contributed by atoms with van der Waals surface area (Å²) in [4.78, 5) is 32.0. The van der Waals surface area contributed by atoms with E-state index in [0.717, 1.165) is 47.8 Å². The van der Waals surface area contributed by atoms with E-state index in [2.05, 4.69) is 4.90 Å². The van der Waals surface area contributed by atoms with E-state index in [-0.39, 0.29) is 11.8 Å². The van der Waals surface area contributed by atoms with Gasteiger partial charge in [-0.25, -0.2) is 4.68 Å². The van der Waals surface area contributed by atoms with E-state index in [1.165, 1.54) is 18.4 Å². The summed E-state index contributed by atoms with van der Waals surface area (Å²) in [6.07, 6.45) is 3.09. The zero-order valence-electron chi connectivity index (χ0n) is 20.1. The van der Waals surface area contributed by atoms with E-state index in [1.807, 2.05) is 74.3 Å². The molecular weight excluding hydrogens is 426 g/mol. The Hall–Kier alpha value is -3.45. The van der Waals surface area contributed by atoms with Crippen LogP contribution in [0.5, 0.6) is 0 Å². The first-order chi connectivity index (χ1) is 16.4. The fourth-order valence-electron chi connectivity index (χ4n) is 4.89. The minimum atomic E-state index is -0.0476. The van der Waals surface area contributed by atoms with Gasteiger partial charge in [-0.05, 0) is 82.6 Å². The number of likely N-dealkylation sites (tertiary alicyclic amines) is 1. The van der Waals surface area contributed by atoms with Crippen molar-refractivity contribution in [1.29, 1.82) is 0 Å². The van der Waals surface area contributed by atoms with Crippen molar-refractivity contribution in [1.82, 2.24) is 14.7 Å². The lowest BCUT2D eigenvalue weighted by Gasteiger charge is -2.28. The van der Waals surface area contributed by atoms with Gasteiger partial charge < -0.3 is 9.80 Å². The second-order valence-corrected chi connectivity index (χ2v) is 9.32. The molecule has 7 nitrogen and oxygen atoms in total. The molecular formula is C27H31N5O2. The van der Waals surface area contributed by atoms with Crippen LogP contribution in [0.4, 0.5) is 11.4 Å². The molecule has 0 bridgehead atoms. The lowest BCUT2D eigenvalue weighted by atomic mass is 10.0. The maximum atomic E-state index is 13.6. The minimum absolute atomic E-state index is 0.0476. The molecule has 2 aromatic carbocycles. The number of fused-ring (bicyclic) bond motifs is 1. The molecule has 34 heavy (non-hydrogen) atoms. The Balaban J connectivity index is 1.36. The average molecular weight is 458 g/mol. The minimum Gasteiger partial charge on any atom is -0.314 e. The summed E-state index contributed by atoms with van der Waals surface area (Å²) >= 11 is 0. The van der Waals surface area contributed by atoms with Crippen molar-refractivity contribution >= 4 is 23.2 Å². The highest BCUT2D eigenvalue weighted by atomic mass is 16.2. The number of amides is 2. The van der Waals surface area contributed by atoms with E-state index in [1.54, 1.807) is 9.58 Å². The van der Waals surface area contributed by atoms with Gasteiger partial charge in [-0.1, -0.05) is 17.7 Å². The van der Waals surface area contributed by atoms with Gasteiger partial charge in [0.1, 0.15) is 5.69 Å². The van der Waals surface area contributed by atoms with E-state index in [0.29, 0.717) is 18.8 Å². The number of carbonyl (C=O) groups excluding carboxylic acids is 2. The molecule has 0 N–H and O–H groups in total. The molecule has 5 rings (SSSR count). The average Bonchev–Trinajstić information content (AvgIpc) is 3.47. The van der Waals surface area contributed by atoms with Crippen molar-refractivity contribution in [2.45, 2.75) is 33.1 Å². The number of anilines is 2. The molecule has 2 amide bonds. The quantitative estimate of drug-likeness (QED) is 0.586. The van der Waals surface area contributed by atoms with Crippen molar-refractivity contribution in [3.05, 3.63) is 71.0 Å². The Bertz CT molecular complexity index is 1210. The Kier molecular flexibility index (Phi) is 5.96. The molecule has 0 radical (unpaired) electrons. The Morgan fingerprint density at radius 1 is 0.941 bits per heavy atom. The van der Waals surface area contributed by atoms with Crippen LogP contribution in [-0.2, 0) is 11.2 Å². The normalized spacial score (nSPS) is 16.1. The van der Waals surface area contributed by atoms with Gasteiger partial charge in [0.2, 0.25) is 5.91 Å². The molecule has 176 valence electrons. The number of hydrogen-bond acceptors (Lipinski definition) is 4. The van der Waals surface area contributed by atoms with Gasteiger partial charge in [0.25, 0.3) is 5.91 Å². The summed E-state index contributed by atoms with van der Waals surface area (Å²) in [5.74, 6) is 0.0412. The van der Waals surface area contributed by atoms with Crippen LogP contribution >= 0.6 is 0 Å². The number of benzene rings is 2. The van der Waals surface area contributed by atoms with Gasteiger partial charge in [0.05, 0.1) is 17.9 Å². The van der Waals surface area contributed by atoms with E-state index in [9.17, 15) is 9.59 Å². The van der Waals surface area contributed by atoms with Crippen LogP contribution in [0.25, 0.3) is 5.69 Å². The van der Waals surface area contributed by atoms with Crippen molar-refractivity contribution in [2.24, 2.45) is 0 Å². The lowest BCUT2D eigenvalue weighted by molar-refractivity contribution is -0.119. The predicted molar refractivity (Wildman–Crippen MR) is 134 cm³/mol. The third-order valence-electron chi connectivity index (χ3n) is 6.98. The molecule has 0 spiro atoms. The van der Waals surface area contributed by atoms with Crippen molar-refractivity contribution in [2.75, 3.05) is 43.0 Å². The predicted octanol–water partition coefficient (Wildman–Crippen LogP) is 3.75. The molecule has 0 aliphatic carbocycles. The number of rotatable bonds is 5.